The fraction of sp³-hybridized carbons (Fsp3) is 0.536. The van der Waals surface area contributed by atoms with E-state index in [2.05, 4.69) is 20.7 Å². The van der Waals surface area contributed by atoms with Crippen LogP contribution in [0.3, 0.4) is 0 Å². The van der Waals surface area contributed by atoms with Gasteiger partial charge in [0.1, 0.15) is 0 Å². The Balaban J connectivity index is 1.67. The summed E-state index contributed by atoms with van der Waals surface area (Å²) in [5, 5.41) is 15.2. The molecule has 0 bridgehead atoms. The first-order valence-corrected chi connectivity index (χ1v) is 14.0. The normalized spacial score (nSPS) is 18.7. The lowest BCUT2D eigenvalue weighted by Gasteiger charge is -2.38. The topological polar surface area (TPSA) is 62.1 Å². The van der Waals surface area contributed by atoms with Gasteiger partial charge in [-0.1, -0.05) is 11.2 Å². The zero-order chi connectivity index (χ0) is 32.0. The minimum absolute atomic E-state index is 0.0499. The van der Waals surface area contributed by atoms with Crippen molar-refractivity contribution >= 4 is 11.6 Å². The molecule has 1 saturated heterocycles. The molecule has 0 radical (unpaired) electrons. The summed E-state index contributed by atoms with van der Waals surface area (Å²) in [6, 6.07) is 3.00. The van der Waals surface area contributed by atoms with Crippen LogP contribution in [0.25, 0.3) is 0 Å². The largest absolute Gasteiger partial charge is 0.416 e. The average molecular weight is 636 g/mol. The lowest BCUT2D eigenvalue weighted by molar-refractivity contribution is -0.143. The Labute approximate surface area is 247 Å². The molecule has 2 aliphatic rings. The van der Waals surface area contributed by atoms with Gasteiger partial charge in [-0.05, 0) is 91.9 Å². The number of fused-ring (bicyclic) bond motifs is 1. The maximum atomic E-state index is 14.1. The van der Waals surface area contributed by atoms with Gasteiger partial charge in [0.05, 0.1) is 29.8 Å². The summed E-state index contributed by atoms with van der Waals surface area (Å²) in [5.74, 6) is -0.0812. The van der Waals surface area contributed by atoms with Crippen LogP contribution in [0.15, 0.2) is 30.3 Å². The summed E-state index contributed by atoms with van der Waals surface area (Å²) >= 11 is 0. The Morgan fingerprint density at radius 1 is 0.864 bits per heavy atom. The van der Waals surface area contributed by atoms with Crippen molar-refractivity contribution in [2.45, 2.75) is 69.8 Å². The van der Waals surface area contributed by atoms with Gasteiger partial charge in [0, 0.05) is 24.8 Å². The van der Waals surface area contributed by atoms with E-state index in [4.69, 9.17) is 0 Å². The van der Waals surface area contributed by atoms with Crippen LogP contribution in [-0.4, -0.2) is 45.9 Å². The number of hydrogen-bond acceptors (Lipinski definition) is 6. The third-order valence-corrected chi connectivity index (χ3v) is 8.10. The fourth-order valence-electron chi connectivity index (χ4n) is 6.11. The monoisotopic (exact) mass is 635 g/mol. The number of nitrogens with one attached hydrogen (secondary N) is 1. The fourth-order valence-corrected chi connectivity index (χ4v) is 6.11. The molecule has 240 valence electrons. The van der Waals surface area contributed by atoms with Gasteiger partial charge in [-0.25, -0.2) is 0 Å². The third-order valence-electron chi connectivity index (χ3n) is 8.10. The lowest BCUT2D eigenvalue weighted by Crippen LogP contribution is -2.44. The van der Waals surface area contributed by atoms with Crippen LogP contribution in [0.4, 0.5) is 51.1 Å². The van der Waals surface area contributed by atoms with E-state index in [-0.39, 0.29) is 29.2 Å². The first kappa shape index (κ1) is 31.9. The molecule has 2 aromatic carbocycles. The van der Waals surface area contributed by atoms with E-state index in [1.807, 2.05) is 4.90 Å². The quantitative estimate of drug-likeness (QED) is 0.316. The Hall–Kier alpha value is -3.56. The number of alkyl halides is 9. The third kappa shape index (κ3) is 6.74. The van der Waals surface area contributed by atoms with Gasteiger partial charge in [-0.3, -0.25) is 0 Å². The number of halogens is 9. The Morgan fingerprint density at radius 2 is 1.50 bits per heavy atom. The molecule has 2 aliphatic heterocycles. The predicted molar refractivity (Wildman–Crippen MR) is 143 cm³/mol. The van der Waals surface area contributed by atoms with E-state index in [0.29, 0.717) is 68.7 Å². The van der Waals surface area contributed by atoms with E-state index >= 15 is 0 Å². The van der Waals surface area contributed by atoms with Crippen LogP contribution >= 0.6 is 0 Å². The SMILES string of the molecule is Cc1cc2c(cc1C(F)(F)F)N(C1CCNCC1)CCCC2N(Cc1cc(C(F)(F)F)cc(C(F)(F)F)c1)c1nnn(C)n1. The van der Waals surface area contributed by atoms with Gasteiger partial charge in [0.2, 0.25) is 0 Å². The minimum atomic E-state index is -5.05. The molecule has 1 fully saturated rings. The number of anilines is 2. The Kier molecular flexibility index (Phi) is 8.50. The number of tetrazole rings is 1. The van der Waals surface area contributed by atoms with Crippen LogP contribution in [-0.2, 0) is 32.1 Å². The van der Waals surface area contributed by atoms with E-state index in [0.717, 1.165) is 10.9 Å². The number of benzene rings is 2. The summed E-state index contributed by atoms with van der Waals surface area (Å²) in [6.07, 6.45) is -12.6. The Morgan fingerprint density at radius 3 is 2.05 bits per heavy atom. The number of nitrogens with zero attached hydrogens (tertiary/aromatic N) is 6. The molecule has 0 amide bonds. The first-order valence-electron chi connectivity index (χ1n) is 14.0. The molecule has 5 rings (SSSR count). The smallest absolute Gasteiger partial charge is 0.368 e. The van der Waals surface area contributed by atoms with E-state index in [1.165, 1.54) is 24.9 Å². The van der Waals surface area contributed by atoms with Crippen molar-refractivity contribution in [2.24, 2.45) is 7.05 Å². The second-order valence-electron chi connectivity index (χ2n) is 11.2. The molecule has 1 unspecified atom stereocenters. The molecule has 1 aromatic heterocycles. The molecular formula is C28H30F9N7. The van der Waals surface area contributed by atoms with E-state index in [1.54, 1.807) is 0 Å². The molecule has 3 aromatic rings. The number of aryl methyl sites for hydroxylation is 2. The van der Waals surface area contributed by atoms with Crippen molar-refractivity contribution in [3.8, 4) is 0 Å². The highest BCUT2D eigenvalue weighted by molar-refractivity contribution is 5.62. The van der Waals surface area contributed by atoms with Crippen molar-refractivity contribution in [2.75, 3.05) is 29.4 Å². The Bertz CT molecular complexity index is 1440. The van der Waals surface area contributed by atoms with Crippen molar-refractivity contribution in [1.82, 2.24) is 25.5 Å². The summed E-state index contributed by atoms with van der Waals surface area (Å²) in [7, 11) is 1.44. The average Bonchev–Trinajstić information content (AvgIpc) is 3.28. The zero-order valence-corrected chi connectivity index (χ0v) is 23.8. The molecule has 3 heterocycles. The molecule has 16 heteroatoms. The molecular weight excluding hydrogens is 605 g/mol. The minimum Gasteiger partial charge on any atom is -0.368 e. The molecule has 0 aliphatic carbocycles. The summed E-state index contributed by atoms with van der Waals surface area (Å²) in [4.78, 5) is 4.48. The van der Waals surface area contributed by atoms with Crippen molar-refractivity contribution < 1.29 is 39.5 Å². The van der Waals surface area contributed by atoms with Crippen LogP contribution < -0.4 is 15.1 Å². The van der Waals surface area contributed by atoms with Gasteiger partial charge in [0.25, 0.3) is 5.95 Å². The molecule has 1 atom stereocenters. The van der Waals surface area contributed by atoms with Crippen LogP contribution in [0.5, 0.6) is 0 Å². The predicted octanol–water partition coefficient (Wildman–Crippen LogP) is 6.68. The highest BCUT2D eigenvalue weighted by Gasteiger charge is 2.40. The van der Waals surface area contributed by atoms with Crippen LogP contribution in [0, 0.1) is 6.92 Å². The first-order chi connectivity index (χ1) is 20.5. The highest BCUT2D eigenvalue weighted by atomic mass is 19.4. The molecule has 44 heavy (non-hydrogen) atoms. The number of hydrogen-bond donors (Lipinski definition) is 1. The number of aromatic nitrogens is 4. The molecule has 0 saturated carbocycles. The summed E-state index contributed by atoms with van der Waals surface area (Å²) in [6.45, 7) is 2.62. The summed E-state index contributed by atoms with van der Waals surface area (Å²) in [5.41, 5.74) is -3.35. The van der Waals surface area contributed by atoms with Crippen LogP contribution in [0.2, 0.25) is 0 Å². The molecule has 7 nitrogen and oxygen atoms in total. The molecule has 1 N–H and O–H groups in total. The standard InChI is InChI=1S/C28H30F9N7/c1-16-10-21-23(4-3-9-43(20-5-7-38-8-6-20)24(21)14-22(16)28(35,36)37)44(25-39-41-42(2)40-25)15-17-11-18(26(29,30)31)13-19(12-17)27(32,33)34/h10-14,20,23,38H,3-9,15H2,1-2H3. The van der Waals surface area contributed by atoms with Crippen LogP contribution in [0.1, 0.15) is 65.1 Å². The second-order valence-corrected chi connectivity index (χ2v) is 11.2. The molecule has 0 spiro atoms. The van der Waals surface area contributed by atoms with Gasteiger partial charge in [0.15, 0.2) is 0 Å². The van der Waals surface area contributed by atoms with E-state index < -0.39 is 47.8 Å². The second kappa shape index (κ2) is 11.7. The van der Waals surface area contributed by atoms with E-state index in [9.17, 15) is 39.5 Å². The highest BCUT2D eigenvalue weighted by Crippen LogP contribution is 2.45. The van der Waals surface area contributed by atoms with Crippen molar-refractivity contribution in [3.63, 3.8) is 0 Å². The number of rotatable bonds is 5. The zero-order valence-electron chi connectivity index (χ0n) is 23.8. The van der Waals surface area contributed by atoms with Crippen molar-refractivity contribution in [3.05, 3.63) is 63.7 Å². The van der Waals surface area contributed by atoms with Gasteiger partial charge in [-0.2, -0.15) is 44.3 Å². The summed E-state index contributed by atoms with van der Waals surface area (Å²) < 4.78 is 124. The lowest BCUT2D eigenvalue weighted by atomic mass is 9.93. The number of piperidine rings is 1. The maximum Gasteiger partial charge on any atom is 0.416 e. The van der Waals surface area contributed by atoms with Crippen molar-refractivity contribution in [1.29, 1.82) is 0 Å². The van der Waals surface area contributed by atoms with Gasteiger partial charge in [-0.15, -0.1) is 5.10 Å². The van der Waals surface area contributed by atoms with Gasteiger partial charge < -0.3 is 15.1 Å². The maximum absolute atomic E-state index is 14.1. The van der Waals surface area contributed by atoms with Gasteiger partial charge >= 0.3 is 18.5 Å².